The van der Waals surface area contributed by atoms with Gasteiger partial charge < -0.3 is 15.0 Å². The zero-order chi connectivity index (χ0) is 17.6. The average molecular weight is 340 g/mol. The van der Waals surface area contributed by atoms with Gasteiger partial charge in [0.25, 0.3) is 0 Å². The number of rotatable bonds is 6. The fourth-order valence-corrected chi connectivity index (χ4v) is 3.44. The Kier molecular flexibility index (Phi) is 5.74. The molecular weight excluding hydrogens is 312 g/mol. The van der Waals surface area contributed by atoms with Crippen molar-refractivity contribution in [3.8, 4) is 5.75 Å². The molecule has 0 saturated carbocycles. The standard InChI is InChI=1S/C20H28N4O/c1-4-17-8-6-7-13-24(17)20-14-19(21-15(3)22-20)23-16-9-11-18(12-10-16)25-5-2/h9-12,14,17H,4-8,13H2,1-3H3,(H,21,22,23). The van der Waals surface area contributed by atoms with Gasteiger partial charge >= 0.3 is 0 Å². The Labute approximate surface area is 150 Å². The molecule has 1 aromatic carbocycles. The Bertz CT molecular complexity index is 687. The highest BCUT2D eigenvalue weighted by Crippen LogP contribution is 2.27. The molecule has 1 aliphatic rings. The summed E-state index contributed by atoms with van der Waals surface area (Å²) >= 11 is 0. The Morgan fingerprint density at radius 1 is 1.16 bits per heavy atom. The fourth-order valence-electron chi connectivity index (χ4n) is 3.44. The summed E-state index contributed by atoms with van der Waals surface area (Å²) in [7, 11) is 0. The highest BCUT2D eigenvalue weighted by Gasteiger charge is 2.22. The molecule has 25 heavy (non-hydrogen) atoms. The number of hydrogen-bond acceptors (Lipinski definition) is 5. The van der Waals surface area contributed by atoms with Crippen LogP contribution in [0.25, 0.3) is 0 Å². The van der Waals surface area contributed by atoms with Crippen molar-refractivity contribution in [1.29, 1.82) is 0 Å². The molecule has 1 unspecified atom stereocenters. The summed E-state index contributed by atoms with van der Waals surface area (Å²) in [5, 5.41) is 3.39. The van der Waals surface area contributed by atoms with Gasteiger partial charge in [-0.15, -0.1) is 0 Å². The van der Waals surface area contributed by atoms with Gasteiger partial charge in [-0.1, -0.05) is 6.92 Å². The summed E-state index contributed by atoms with van der Waals surface area (Å²) in [5.41, 5.74) is 0.998. The normalized spacial score (nSPS) is 17.4. The minimum Gasteiger partial charge on any atom is -0.494 e. The summed E-state index contributed by atoms with van der Waals surface area (Å²) in [6, 6.07) is 10.6. The minimum absolute atomic E-state index is 0.585. The van der Waals surface area contributed by atoms with Gasteiger partial charge in [-0.25, -0.2) is 9.97 Å². The van der Waals surface area contributed by atoms with Crippen LogP contribution < -0.4 is 15.0 Å². The maximum absolute atomic E-state index is 5.49. The van der Waals surface area contributed by atoms with Gasteiger partial charge in [-0.05, 0) is 63.8 Å². The number of nitrogens with zero attached hydrogens (tertiary/aromatic N) is 3. The summed E-state index contributed by atoms with van der Waals surface area (Å²) in [6.45, 7) is 7.96. The summed E-state index contributed by atoms with van der Waals surface area (Å²) in [5.74, 6) is 3.55. The third kappa shape index (κ3) is 4.41. The molecule has 134 valence electrons. The molecule has 1 N–H and O–H groups in total. The van der Waals surface area contributed by atoms with Crippen LogP contribution in [0.3, 0.4) is 0 Å². The van der Waals surface area contributed by atoms with Gasteiger partial charge in [0, 0.05) is 24.3 Å². The lowest BCUT2D eigenvalue weighted by Gasteiger charge is -2.36. The highest BCUT2D eigenvalue weighted by molar-refractivity contribution is 5.60. The van der Waals surface area contributed by atoms with Crippen molar-refractivity contribution in [3.05, 3.63) is 36.2 Å². The van der Waals surface area contributed by atoms with E-state index in [-0.39, 0.29) is 0 Å². The van der Waals surface area contributed by atoms with Gasteiger partial charge in [0.15, 0.2) is 0 Å². The maximum atomic E-state index is 5.49. The maximum Gasteiger partial charge on any atom is 0.136 e. The second kappa shape index (κ2) is 8.19. The fraction of sp³-hybridized carbons (Fsp3) is 0.500. The largest absolute Gasteiger partial charge is 0.494 e. The van der Waals surface area contributed by atoms with E-state index in [1.165, 1.54) is 19.3 Å². The molecule has 0 radical (unpaired) electrons. The number of nitrogens with one attached hydrogen (secondary N) is 1. The average Bonchev–Trinajstić information content (AvgIpc) is 2.63. The zero-order valence-electron chi connectivity index (χ0n) is 15.5. The molecular formula is C20H28N4O. The third-order valence-corrected chi connectivity index (χ3v) is 4.65. The molecule has 1 fully saturated rings. The molecule has 5 nitrogen and oxygen atoms in total. The van der Waals surface area contributed by atoms with E-state index >= 15 is 0 Å². The van der Waals surface area contributed by atoms with Gasteiger partial charge in [-0.3, -0.25) is 0 Å². The van der Waals surface area contributed by atoms with Crippen molar-refractivity contribution >= 4 is 17.3 Å². The molecule has 5 heteroatoms. The third-order valence-electron chi connectivity index (χ3n) is 4.65. The summed E-state index contributed by atoms with van der Waals surface area (Å²) in [6.07, 6.45) is 4.96. The first-order valence-electron chi connectivity index (χ1n) is 9.31. The lowest BCUT2D eigenvalue weighted by molar-refractivity contribution is 0.340. The summed E-state index contributed by atoms with van der Waals surface area (Å²) in [4.78, 5) is 11.7. The van der Waals surface area contributed by atoms with Crippen LogP contribution in [0.2, 0.25) is 0 Å². The van der Waals surface area contributed by atoms with Crippen molar-refractivity contribution < 1.29 is 4.74 Å². The molecule has 0 spiro atoms. The van der Waals surface area contributed by atoms with Crippen LogP contribution in [0.15, 0.2) is 30.3 Å². The Morgan fingerprint density at radius 3 is 2.68 bits per heavy atom. The number of aryl methyl sites for hydroxylation is 1. The van der Waals surface area contributed by atoms with E-state index in [4.69, 9.17) is 9.72 Å². The van der Waals surface area contributed by atoms with Crippen LogP contribution in [0.4, 0.5) is 17.3 Å². The quantitative estimate of drug-likeness (QED) is 0.826. The number of ether oxygens (including phenoxy) is 1. The van der Waals surface area contributed by atoms with E-state index in [0.29, 0.717) is 12.6 Å². The molecule has 1 saturated heterocycles. The molecule has 0 aliphatic carbocycles. The van der Waals surface area contributed by atoms with Gasteiger partial charge in [0.2, 0.25) is 0 Å². The predicted molar refractivity (Wildman–Crippen MR) is 103 cm³/mol. The lowest BCUT2D eigenvalue weighted by atomic mass is 10.00. The lowest BCUT2D eigenvalue weighted by Crippen LogP contribution is -2.39. The second-order valence-electron chi connectivity index (χ2n) is 6.49. The molecule has 3 rings (SSSR count). The van der Waals surface area contributed by atoms with Crippen LogP contribution in [0.5, 0.6) is 5.75 Å². The molecule has 1 aliphatic heterocycles. The van der Waals surface area contributed by atoms with Crippen LogP contribution >= 0.6 is 0 Å². The van der Waals surface area contributed by atoms with Crippen LogP contribution in [0.1, 0.15) is 45.4 Å². The van der Waals surface area contributed by atoms with Crippen LogP contribution in [0, 0.1) is 6.92 Å². The molecule has 0 amide bonds. The topological polar surface area (TPSA) is 50.3 Å². The van der Waals surface area contributed by atoms with Crippen LogP contribution in [-0.2, 0) is 0 Å². The van der Waals surface area contributed by atoms with E-state index in [0.717, 1.165) is 41.9 Å². The number of hydrogen-bond donors (Lipinski definition) is 1. The predicted octanol–water partition coefficient (Wildman–Crippen LogP) is 4.70. The number of anilines is 3. The van der Waals surface area contributed by atoms with E-state index in [9.17, 15) is 0 Å². The smallest absolute Gasteiger partial charge is 0.136 e. The monoisotopic (exact) mass is 340 g/mol. The summed E-state index contributed by atoms with van der Waals surface area (Å²) < 4.78 is 5.49. The van der Waals surface area contributed by atoms with Gasteiger partial charge in [-0.2, -0.15) is 0 Å². The SMILES string of the molecule is CCOc1ccc(Nc2cc(N3CCCCC3CC)nc(C)n2)cc1. The molecule has 1 atom stereocenters. The second-order valence-corrected chi connectivity index (χ2v) is 6.49. The number of piperidine rings is 1. The van der Waals surface area contributed by atoms with Crippen molar-refractivity contribution in [2.45, 2.75) is 52.5 Å². The Morgan fingerprint density at radius 2 is 1.96 bits per heavy atom. The van der Waals surface area contributed by atoms with Crippen molar-refractivity contribution in [2.24, 2.45) is 0 Å². The number of benzene rings is 1. The van der Waals surface area contributed by atoms with Crippen molar-refractivity contribution in [2.75, 3.05) is 23.4 Å². The Hall–Kier alpha value is -2.30. The molecule has 1 aromatic heterocycles. The molecule has 2 aromatic rings. The number of aromatic nitrogens is 2. The van der Waals surface area contributed by atoms with E-state index in [2.05, 4.69) is 28.2 Å². The van der Waals surface area contributed by atoms with E-state index in [1.54, 1.807) is 0 Å². The first kappa shape index (κ1) is 17.5. The van der Waals surface area contributed by atoms with Crippen molar-refractivity contribution in [3.63, 3.8) is 0 Å². The first-order chi connectivity index (χ1) is 12.2. The van der Waals surface area contributed by atoms with Gasteiger partial charge in [0.05, 0.1) is 6.61 Å². The van der Waals surface area contributed by atoms with Crippen molar-refractivity contribution in [1.82, 2.24) is 9.97 Å². The van der Waals surface area contributed by atoms with E-state index < -0.39 is 0 Å². The molecule has 0 bridgehead atoms. The Balaban J connectivity index is 1.79. The highest BCUT2D eigenvalue weighted by atomic mass is 16.5. The van der Waals surface area contributed by atoms with Gasteiger partial charge in [0.1, 0.15) is 23.2 Å². The molecule has 2 heterocycles. The van der Waals surface area contributed by atoms with Crippen LogP contribution in [-0.4, -0.2) is 29.2 Å². The first-order valence-corrected chi connectivity index (χ1v) is 9.31. The minimum atomic E-state index is 0.585. The van der Waals surface area contributed by atoms with E-state index in [1.807, 2.05) is 38.1 Å². The zero-order valence-corrected chi connectivity index (χ0v) is 15.5.